The molecule has 1 saturated heterocycles. The predicted molar refractivity (Wildman–Crippen MR) is 74.7 cm³/mol. The van der Waals surface area contributed by atoms with Gasteiger partial charge >= 0.3 is 0 Å². The van der Waals surface area contributed by atoms with Crippen molar-refractivity contribution in [1.82, 2.24) is 9.97 Å². The van der Waals surface area contributed by atoms with E-state index in [1.165, 1.54) is 0 Å². The summed E-state index contributed by atoms with van der Waals surface area (Å²) in [6.07, 6.45) is 0.697. The molecule has 1 aliphatic heterocycles. The molecule has 0 aliphatic carbocycles. The maximum absolute atomic E-state index is 11.6. The van der Waals surface area contributed by atoms with E-state index in [9.17, 15) is 8.42 Å². The minimum atomic E-state index is -2.93. The molecule has 1 atom stereocenters. The molecule has 3 N–H and O–H groups in total. The second-order valence-electron chi connectivity index (χ2n) is 4.68. The minimum Gasteiger partial charge on any atom is -0.352 e. The molecule has 1 fully saturated rings. The molecular formula is C11H19N5O2S. The van der Waals surface area contributed by atoms with Crippen LogP contribution in [0.4, 0.5) is 11.6 Å². The van der Waals surface area contributed by atoms with Crippen molar-refractivity contribution in [3.63, 3.8) is 0 Å². The summed E-state index contributed by atoms with van der Waals surface area (Å²) in [4.78, 5) is 10.7. The molecule has 0 radical (unpaired) electrons. The second-order valence-corrected chi connectivity index (χ2v) is 6.91. The van der Waals surface area contributed by atoms with Crippen LogP contribution in [0.1, 0.15) is 19.7 Å². The number of nitrogens with two attached hydrogens (primary N) is 1. The largest absolute Gasteiger partial charge is 0.352 e. The topological polar surface area (TPSA) is 101 Å². The van der Waals surface area contributed by atoms with Gasteiger partial charge in [-0.2, -0.15) is 0 Å². The number of nitrogen functional groups attached to an aromatic ring is 1. The van der Waals surface area contributed by atoms with Crippen LogP contribution in [-0.2, 0) is 16.3 Å². The van der Waals surface area contributed by atoms with Crippen LogP contribution in [0.25, 0.3) is 0 Å². The smallest absolute Gasteiger partial charge is 0.154 e. The van der Waals surface area contributed by atoms with E-state index in [-0.39, 0.29) is 17.5 Å². The fourth-order valence-electron chi connectivity index (χ4n) is 2.20. The van der Waals surface area contributed by atoms with E-state index >= 15 is 0 Å². The monoisotopic (exact) mass is 285 g/mol. The van der Waals surface area contributed by atoms with Crippen LogP contribution in [-0.4, -0.2) is 42.5 Å². The van der Waals surface area contributed by atoms with Crippen molar-refractivity contribution < 1.29 is 8.42 Å². The Hall–Kier alpha value is -1.41. The van der Waals surface area contributed by atoms with Gasteiger partial charge in [-0.1, -0.05) is 6.92 Å². The zero-order valence-corrected chi connectivity index (χ0v) is 11.9. The van der Waals surface area contributed by atoms with Crippen LogP contribution in [0.5, 0.6) is 0 Å². The Morgan fingerprint density at radius 3 is 2.84 bits per heavy atom. The molecule has 106 valence electrons. The van der Waals surface area contributed by atoms with E-state index < -0.39 is 9.84 Å². The van der Waals surface area contributed by atoms with E-state index in [4.69, 9.17) is 5.84 Å². The minimum absolute atomic E-state index is 0.0935. The first kappa shape index (κ1) is 14.0. The quantitative estimate of drug-likeness (QED) is 0.593. The number of hydrogen-bond acceptors (Lipinski definition) is 7. The Bertz CT molecular complexity index is 538. The highest BCUT2D eigenvalue weighted by Gasteiger charge is 2.29. The Balaban J connectivity index is 2.31. The fourth-order valence-corrected chi connectivity index (χ4v) is 3.76. The average Bonchev–Trinajstić information content (AvgIpc) is 2.37. The van der Waals surface area contributed by atoms with Gasteiger partial charge in [0, 0.05) is 25.1 Å². The molecule has 2 rings (SSSR count). The summed E-state index contributed by atoms with van der Waals surface area (Å²) < 4.78 is 23.2. The van der Waals surface area contributed by atoms with Crippen LogP contribution >= 0.6 is 0 Å². The molecule has 8 heteroatoms. The highest BCUT2D eigenvalue weighted by Crippen LogP contribution is 2.22. The average molecular weight is 285 g/mol. The molecule has 1 aromatic rings. The molecule has 0 bridgehead atoms. The number of aryl methyl sites for hydroxylation is 1. The third-order valence-corrected chi connectivity index (χ3v) is 4.98. The first-order valence-corrected chi connectivity index (χ1v) is 8.09. The maximum Gasteiger partial charge on any atom is 0.154 e. The van der Waals surface area contributed by atoms with Gasteiger partial charge in [-0.15, -0.1) is 0 Å². The predicted octanol–water partition coefficient (Wildman–Crippen LogP) is -0.0521. The van der Waals surface area contributed by atoms with Crippen molar-refractivity contribution >= 4 is 21.5 Å². The van der Waals surface area contributed by atoms with Gasteiger partial charge in [-0.05, 0) is 6.92 Å². The molecule has 0 aromatic carbocycles. The van der Waals surface area contributed by atoms with Crippen molar-refractivity contribution in [2.45, 2.75) is 26.3 Å². The van der Waals surface area contributed by atoms with E-state index in [0.717, 1.165) is 5.82 Å². The Labute approximate surface area is 113 Å². The molecule has 0 spiro atoms. The molecule has 0 amide bonds. The van der Waals surface area contributed by atoms with Crippen LogP contribution < -0.4 is 16.2 Å². The molecule has 19 heavy (non-hydrogen) atoms. The Morgan fingerprint density at radius 1 is 1.53 bits per heavy atom. The Morgan fingerprint density at radius 2 is 2.26 bits per heavy atom. The van der Waals surface area contributed by atoms with Crippen molar-refractivity contribution in [1.29, 1.82) is 0 Å². The van der Waals surface area contributed by atoms with Gasteiger partial charge in [0.25, 0.3) is 0 Å². The zero-order chi connectivity index (χ0) is 14.0. The summed E-state index contributed by atoms with van der Waals surface area (Å²) in [5.41, 5.74) is 2.52. The number of nitrogens with one attached hydrogen (secondary N) is 1. The highest BCUT2D eigenvalue weighted by molar-refractivity contribution is 7.91. The SMILES string of the molecule is CCc1nc(NN)cc(N2CCS(=O)(=O)CC2C)n1. The summed E-state index contributed by atoms with van der Waals surface area (Å²) in [7, 11) is -2.93. The lowest BCUT2D eigenvalue weighted by molar-refractivity contribution is 0.566. The first-order chi connectivity index (χ1) is 8.95. The van der Waals surface area contributed by atoms with Gasteiger partial charge in [-0.25, -0.2) is 24.2 Å². The van der Waals surface area contributed by atoms with E-state index in [1.54, 1.807) is 6.07 Å². The van der Waals surface area contributed by atoms with E-state index in [0.29, 0.717) is 24.6 Å². The third kappa shape index (κ3) is 3.13. The van der Waals surface area contributed by atoms with Crippen molar-refractivity contribution in [3.05, 3.63) is 11.9 Å². The lowest BCUT2D eigenvalue weighted by Gasteiger charge is -2.34. The number of sulfone groups is 1. The lowest BCUT2D eigenvalue weighted by Crippen LogP contribution is -2.47. The van der Waals surface area contributed by atoms with Crippen molar-refractivity contribution in [2.24, 2.45) is 5.84 Å². The van der Waals surface area contributed by atoms with Gasteiger partial charge in [0.1, 0.15) is 17.5 Å². The van der Waals surface area contributed by atoms with Gasteiger partial charge in [0.15, 0.2) is 9.84 Å². The fraction of sp³-hybridized carbons (Fsp3) is 0.636. The zero-order valence-electron chi connectivity index (χ0n) is 11.1. The normalized spacial score (nSPS) is 22.3. The summed E-state index contributed by atoms with van der Waals surface area (Å²) in [6.45, 7) is 4.30. The van der Waals surface area contributed by atoms with Crippen LogP contribution in [0.2, 0.25) is 0 Å². The molecule has 1 aliphatic rings. The standard InChI is InChI=1S/C11H19N5O2S/c1-3-9-13-10(15-12)6-11(14-9)16-4-5-19(17,18)7-8(16)2/h6,8H,3-5,7,12H2,1-2H3,(H,13,14,15). The molecule has 1 unspecified atom stereocenters. The van der Waals surface area contributed by atoms with Gasteiger partial charge < -0.3 is 10.3 Å². The highest BCUT2D eigenvalue weighted by atomic mass is 32.2. The molecule has 7 nitrogen and oxygen atoms in total. The summed E-state index contributed by atoms with van der Waals surface area (Å²) >= 11 is 0. The van der Waals surface area contributed by atoms with Gasteiger partial charge in [0.05, 0.1) is 11.5 Å². The van der Waals surface area contributed by atoms with E-state index in [2.05, 4.69) is 15.4 Å². The van der Waals surface area contributed by atoms with Gasteiger partial charge in [0.2, 0.25) is 0 Å². The number of rotatable bonds is 3. The van der Waals surface area contributed by atoms with Crippen LogP contribution in [0, 0.1) is 0 Å². The summed E-state index contributed by atoms with van der Waals surface area (Å²) in [5.74, 6) is 7.67. The summed E-state index contributed by atoms with van der Waals surface area (Å²) in [5, 5.41) is 0. The molecule has 1 aromatic heterocycles. The van der Waals surface area contributed by atoms with E-state index in [1.807, 2.05) is 18.7 Å². The maximum atomic E-state index is 11.6. The van der Waals surface area contributed by atoms with Crippen LogP contribution in [0.3, 0.4) is 0 Å². The number of hydrogen-bond donors (Lipinski definition) is 2. The van der Waals surface area contributed by atoms with Crippen LogP contribution in [0.15, 0.2) is 6.07 Å². The number of aromatic nitrogens is 2. The summed E-state index contributed by atoms with van der Waals surface area (Å²) in [6, 6.07) is 1.65. The Kier molecular flexibility index (Phi) is 3.91. The molecular weight excluding hydrogens is 266 g/mol. The second kappa shape index (κ2) is 5.30. The third-order valence-electron chi connectivity index (χ3n) is 3.19. The number of hydrazine groups is 1. The van der Waals surface area contributed by atoms with Crippen molar-refractivity contribution in [2.75, 3.05) is 28.4 Å². The molecule has 2 heterocycles. The first-order valence-electron chi connectivity index (χ1n) is 6.27. The lowest BCUT2D eigenvalue weighted by atomic mass is 10.3. The van der Waals surface area contributed by atoms with Gasteiger partial charge in [-0.3, -0.25) is 0 Å². The number of anilines is 2. The van der Waals surface area contributed by atoms with Crippen molar-refractivity contribution in [3.8, 4) is 0 Å². The number of nitrogens with zero attached hydrogens (tertiary/aromatic N) is 3. The molecule has 0 saturated carbocycles.